The van der Waals surface area contributed by atoms with E-state index in [1.54, 1.807) is 0 Å². The number of aliphatic hydroxyl groups excluding tert-OH is 4. The third-order valence-electron chi connectivity index (χ3n) is 3.12. The molecule has 0 aromatic carbocycles. The molecule has 2 rings (SSSR count). The number of carbonyl (C=O) groups excluding carboxylic acids is 1. The quantitative estimate of drug-likeness (QED) is 0.405. The number of aliphatic hydroxyl groups is 4. The van der Waals surface area contributed by atoms with Crippen LogP contribution in [0.5, 0.6) is 0 Å². The molecule has 5 N–H and O–H groups in total. The van der Waals surface area contributed by atoms with Crippen molar-refractivity contribution in [3.8, 4) is 0 Å². The molecule has 7 nitrogen and oxygen atoms in total. The average molecular weight is 288 g/mol. The molecule has 1 fully saturated rings. The van der Waals surface area contributed by atoms with E-state index >= 15 is 0 Å². The van der Waals surface area contributed by atoms with Gasteiger partial charge in [0.05, 0.1) is 30.1 Å². The minimum absolute atomic E-state index is 0.141. The maximum Gasteiger partial charge on any atom is 0.256 e. The van der Waals surface area contributed by atoms with E-state index < -0.39 is 35.3 Å². The smallest absolute Gasteiger partial charge is 0.256 e. The van der Waals surface area contributed by atoms with Crippen LogP contribution in [0.2, 0.25) is 0 Å². The Balaban J connectivity index is 2.24. The zero-order valence-corrected chi connectivity index (χ0v) is 10.9. The topological polar surface area (TPSA) is 113 Å². The first-order chi connectivity index (χ1) is 8.99. The number of amides is 1. The summed E-state index contributed by atoms with van der Waals surface area (Å²) in [7, 11) is 0. The molecule has 2 aliphatic rings. The van der Waals surface area contributed by atoms with Crippen LogP contribution in [-0.4, -0.2) is 67.3 Å². The number of nitrogens with zero attached hydrogens (tertiary/aromatic N) is 1. The molecule has 8 heteroatoms. The van der Waals surface area contributed by atoms with E-state index in [0.717, 1.165) is 0 Å². The summed E-state index contributed by atoms with van der Waals surface area (Å²) in [5, 5.41) is 39.3. The van der Waals surface area contributed by atoms with Crippen LogP contribution in [0.4, 0.5) is 0 Å². The van der Waals surface area contributed by atoms with Gasteiger partial charge in [-0.15, -0.1) is 11.8 Å². The first kappa shape index (κ1) is 14.4. The van der Waals surface area contributed by atoms with E-state index in [1.807, 2.05) is 0 Å². The molecule has 2 aliphatic heterocycles. The SMILES string of the molecule is C=C1NC(=O)C(CO)=CN1[C@@H]1S[C@H](CO)C(O)[C@@H]1O. The maximum atomic E-state index is 11.5. The second-order valence-electron chi connectivity index (χ2n) is 4.35. The lowest BCUT2D eigenvalue weighted by Crippen LogP contribution is -2.46. The van der Waals surface area contributed by atoms with E-state index in [9.17, 15) is 15.0 Å². The zero-order valence-electron chi connectivity index (χ0n) is 10.1. The highest BCUT2D eigenvalue weighted by Gasteiger charge is 2.45. The van der Waals surface area contributed by atoms with E-state index in [-0.39, 0.29) is 18.0 Å². The van der Waals surface area contributed by atoms with Gasteiger partial charge in [-0.3, -0.25) is 4.79 Å². The van der Waals surface area contributed by atoms with Crippen molar-refractivity contribution in [2.45, 2.75) is 22.8 Å². The Morgan fingerprint density at radius 2 is 2.05 bits per heavy atom. The molecule has 0 saturated carbocycles. The largest absolute Gasteiger partial charge is 0.395 e. The van der Waals surface area contributed by atoms with Gasteiger partial charge in [0.1, 0.15) is 17.3 Å². The summed E-state index contributed by atoms with van der Waals surface area (Å²) in [5.74, 6) is -0.190. The van der Waals surface area contributed by atoms with Crippen LogP contribution >= 0.6 is 11.8 Å². The number of rotatable bonds is 3. The van der Waals surface area contributed by atoms with Crippen LogP contribution in [0.3, 0.4) is 0 Å². The lowest BCUT2D eigenvalue weighted by Gasteiger charge is -2.34. The zero-order chi connectivity index (χ0) is 14.2. The van der Waals surface area contributed by atoms with Crippen LogP contribution in [-0.2, 0) is 4.79 Å². The van der Waals surface area contributed by atoms with Crippen molar-refractivity contribution in [2.24, 2.45) is 0 Å². The lowest BCUT2D eigenvalue weighted by atomic mass is 10.1. The van der Waals surface area contributed by atoms with Gasteiger partial charge in [0.25, 0.3) is 5.91 Å². The first-order valence-electron chi connectivity index (χ1n) is 5.72. The molecule has 0 aromatic heterocycles. The molecule has 106 valence electrons. The molecule has 0 radical (unpaired) electrons. The molecule has 19 heavy (non-hydrogen) atoms. The van der Waals surface area contributed by atoms with Crippen LogP contribution in [0, 0.1) is 0 Å². The highest BCUT2D eigenvalue weighted by molar-refractivity contribution is 8.00. The molecule has 0 spiro atoms. The van der Waals surface area contributed by atoms with Crippen LogP contribution in [0.1, 0.15) is 0 Å². The molecule has 1 saturated heterocycles. The first-order valence-corrected chi connectivity index (χ1v) is 6.66. The van der Waals surface area contributed by atoms with Gasteiger partial charge < -0.3 is 30.6 Å². The van der Waals surface area contributed by atoms with Crippen molar-refractivity contribution in [3.63, 3.8) is 0 Å². The van der Waals surface area contributed by atoms with Gasteiger partial charge in [-0.25, -0.2) is 0 Å². The number of carbonyl (C=O) groups is 1. The van der Waals surface area contributed by atoms with Gasteiger partial charge in [-0.1, -0.05) is 6.58 Å². The molecule has 4 atom stereocenters. The van der Waals surface area contributed by atoms with Crippen molar-refractivity contribution in [1.82, 2.24) is 10.2 Å². The van der Waals surface area contributed by atoms with Gasteiger partial charge in [0.2, 0.25) is 0 Å². The molecular formula is C11H16N2O5S. The Hall–Kier alpha value is -1.06. The van der Waals surface area contributed by atoms with Crippen LogP contribution in [0.15, 0.2) is 24.2 Å². The second kappa shape index (κ2) is 5.51. The highest BCUT2D eigenvalue weighted by atomic mass is 32.2. The van der Waals surface area contributed by atoms with Gasteiger partial charge in [-0.2, -0.15) is 0 Å². The monoisotopic (exact) mass is 288 g/mol. The molecule has 1 unspecified atom stereocenters. The summed E-state index contributed by atoms with van der Waals surface area (Å²) in [6, 6.07) is 0. The minimum atomic E-state index is -1.09. The normalized spacial score (nSPS) is 35.4. The summed E-state index contributed by atoms with van der Waals surface area (Å²) in [5.41, 5.74) is 0.141. The summed E-state index contributed by atoms with van der Waals surface area (Å²) in [6.07, 6.45) is -0.754. The van der Waals surface area contributed by atoms with Gasteiger partial charge in [0, 0.05) is 6.20 Å². The van der Waals surface area contributed by atoms with Crippen molar-refractivity contribution in [2.75, 3.05) is 13.2 Å². The van der Waals surface area contributed by atoms with E-state index in [2.05, 4.69) is 11.9 Å². The minimum Gasteiger partial charge on any atom is -0.395 e. The average Bonchev–Trinajstić information content (AvgIpc) is 2.67. The van der Waals surface area contributed by atoms with E-state index in [4.69, 9.17) is 10.2 Å². The fourth-order valence-corrected chi connectivity index (χ4v) is 3.44. The summed E-state index contributed by atoms with van der Waals surface area (Å²) >= 11 is 1.19. The van der Waals surface area contributed by atoms with Gasteiger partial charge in [0.15, 0.2) is 0 Å². The van der Waals surface area contributed by atoms with Crippen molar-refractivity contribution >= 4 is 17.7 Å². The molecular weight excluding hydrogens is 272 g/mol. The van der Waals surface area contributed by atoms with E-state index in [0.29, 0.717) is 0 Å². The Bertz CT molecular complexity index is 427. The molecule has 0 aromatic rings. The number of nitrogens with one attached hydrogen (secondary N) is 1. The van der Waals surface area contributed by atoms with Crippen LogP contribution < -0.4 is 5.32 Å². The Kier molecular flexibility index (Phi) is 4.16. The van der Waals surface area contributed by atoms with Crippen molar-refractivity contribution in [3.05, 3.63) is 24.2 Å². The molecule has 0 aliphatic carbocycles. The lowest BCUT2D eigenvalue weighted by molar-refractivity contribution is -0.118. The predicted octanol–water partition coefficient (Wildman–Crippen LogP) is -2.08. The summed E-state index contributed by atoms with van der Waals surface area (Å²) < 4.78 is 0. The Morgan fingerprint density at radius 3 is 2.58 bits per heavy atom. The van der Waals surface area contributed by atoms with Crippen LogP contribution in [0.25, 0.3) is 0 Å². The number of hydrogen-bond acceptors (Lipinski definition) is 7. The maximum absolute atomic E-state index is 11.5. The Morgan fingerprint density at radius 1 is 1.37 bits per heavy atom. The molecule has 0 bridgehead atoms. The predicted molar refractivity (Wildman–Crippen MR) is 68.6 cm³/mol. The standard InChI is InChI=1S/C11H16N2O5S/c1-5-12-10(18)6(3-14)2-13(5)11-9(17)8(16)7(4-15)19-11/h2,7-9,11,14-17H,1,3-4H2,(H,12,18)/t7-,8?,9+,11-/m1/s1. The second-order valence-corrected chi connectivity index (χ2v) is 5.71. The number of hydrogen-bond donors (Lipinski definition) is 5. The summed E-state index contributed by atoms with van der Waals surface area (Å²) in [4.78, 5) is 13.0. The highest BCUT2D eigenvalue weighted by Crippen LogP contribution is 2.38. The van der Waals surface area contributed by atoms with E-state index in [1.165, 1.54) is 22.9 Å². The van der Waals surface area contributed by atoms with Crippen molar-refractivity contribution < 1.29 is 25.2 Å². The van der Waals surface area contributed by atoms with Crippen molar-refractivity contribution in [1.29, 1.82) is 0 Å². The summed E-state index contributed by atoms with van der Waals surface area (Å²) in [6.45, 7) is 2.97. The molecule has 2 heterocycles. The third-order valence-corrected chi connectivity index (χ3v) is 4.68. The third kappa shape index (κ3) is 2.49. The fourth-order valence-electron chi connectivity index (χ4n) is 2.03. The Labute approximate surface area is 114 Å². The molecule has 1 amide bonds. The fraction of sp³-hybridized carbons (Fsp3) is 0.545. The number of thioether (sulfide) groups is 1. The van der Waals surface area contributed by atoms with Gasteiger partial charge >= 0.3 is 0 Å². The van der Waals surface area contributed by atoms with Gasteiger partial charge in [-0.05, 0) is 0 Å².